The van der Waals surface area contributed by atoms with Gasteiger partial charge in [0.05, 0.1) is 5.56 Å². The fraction of sp³-hybridized carbons (Fsp3) is 0.0714. The average molecular weight is 277 g/mol. The minimum atomic E-state index is -0.388. The van der Waals surface area contributed by atoms with Crippen LogP contribution in [0.15, 0.2) is 34.7 Å². The van der Waals surface area contributed by atoms with Crippen molar-refractivity contribution in [2.75, 3.05) is 5.73 Å². The lowest BCUT2D eigenvalue weighted by molar-refractivity contribution is 0.610. The van der Waals surface area contributed by atoms with E-state index in [-0.39, 0.29) is 11.7 Å². The maximum atomic E-state index is 13.3. The van der Waals surface area contributed by atoms with Crippen molar-refractivity contribution in [3.63, 3.8) is 0 Å². The summed E-state index contributed by atoms with van der Waals surface area (Å²) >= 11 is 5.97. The SMILES string of the molecule is Cc1cc(Cl)cc2nc(-c3cc(F)ccc3N)oc12. The molecule has 2 N–H and O–H groups in total. The standard InChI is InChI=1S/C14H10ClFN2O/c1-7-4-8(15)5-12-13(7)19-14(18-12)10-6-9(16)2-3-11(10)17/h2-6H,17H2,1H3. The van der Waals surface area contributed by atoms with E-state index in [9.17, 15) is 4.39 Å². The van der Waals surface area contributed by atoms with Gasteiger partial charge in [-0.2, -0.15) is 0 Å². The molecule has 0 aliphatic carbocycles. The zero-order valence-electron chi connectivity index (χ0n) is 10.1. The van der Waals surface area contributed by atoms with Crippen molar-refractivity contribution in [3.05, 3.63) is 46.7 Å². The Morgan fingerprint density at radius 1 is 1.26 bits per heavy atom. The lowest BCUT2D eigenvalue weighted by Gasteiger charge is -2.00. The van der Waals surface area contributed by atoms with Crippen LogP contribution in [0.3, 0.4) is 0 Å². The van der Waals surface area contributed by atoms with E-state index in [2.05, 4.69) is 4.98 Å². The molecule has 1 aromatic heterocycles. The maximum absolute atomic E-state index is 13.3. The highest BCUT2D eigenvalue weighted by Crippen LogP contribution is 2.31. The molecule has 1 heterocycles. The Kier molecular flexibility index (Phi) is 2.68. The lowest BCUT2D eigenvalue weighted by atomic mass is 10.2. The Bertz CT molecular complexity index is 782. The molecule has 3 aromatic rings. The molecule has 3 rings (SSSR count). The number of hydrogen-bond donors (Lipinski definition) is 1. The lowest BCUT2D eigenvalue weighted by Crippen LogP contribution is -1.90. The van der Waals surface area contributed by atoms with Crippen molar-refractivity contribution >= 4 is 28.4 Å². The highest BCUT2D eigenvalue weighted by molar-refractivity contribution is 6.31. The van der Waals surface area contributed by atoms with Crippen LogP contribution in [-0.4, -0.2) is 4.98 Å². The molecule has 3 nitrogen and oxygen atoms in total. The maximum Gasteiger partial charge on any atom is 0.229 e. The summed E-state index contributed by atoms with van der Waals surface area (Å²) in [5.74, 6) is -0.0985. The minimum absolute atomic E-state index is 0.289. The number of halogens is 2. The van der Waals surface area contributed by atoms with Crippen LogP contribution in [0.2, 0.25) is 5.02 Å². The molecule has 0 unspecified atom stereocenters. The van der Waals surface area contributed by atoms with Crippen molar-refractivity contribution in [1.29, 1.82) is 0 Å². The van der Waals surface area contributed by atoms with Crippen molar-refractivity contribution in [1.82, 2.24) is 4.98 Å². The van der Waals surface area contributed by atoms with Crippen LogP contribution in [0.5, 0.6) is 0 Å². The first kappa shape index (κ1) is 12.0. The first-order chi connectivity index (χ1) is 9.04. The molecular formula is C14H10ClFN2O. The van der Waals surface area contributed by atoms with Gasteiger partial charge in [0.2, 0.25) is 5.89 Å². The van der Waals surface area contributed by atoms with Gasteiger partial charge in [-0.25, -0.2) is 9.37 Å². The van der Waals surface area contributed by atoms with Crippen LogP contribution in [0.1, 0.15) is 5.56 Å². The summed E-state index contributed by atoms with van der Waals surface area (Å²) in [5.41, 5.74) is 8.80. The number of nitrogen functional groups attached to an aromatic ring is 1. The summed E-state index contributed by atoms with van der Waals surface area (Å²) < 4.78 is 18.9. The van der Waals surface area contributed by atoms with E-state index in [0.717, 1.165) is 5.56 Å². The summed E-state index contributed by atoms with van der Waals surface area (Å²) in [6.45, 7) is 1.87. The van der Waals surface area contributed by atoms with Crippen molar-refractivity contribution in [2.45, 2.75) is 6.92 Å². The van der Waals surface area contributed by atoms with Gasteiger partial charge in [-0.1, -0.05) is 11.6 Å². The number of oxazole rings is 1. The molecule has 0 fully saturated rings. The number of hydrogen-bond acceptors (Lipinski definition) is 3. The summed E-state index contributed by atoms with van der Waals surface area (Å²) in [6.07, 6.45) is 0. The summed E-state index contributed by atoms with van der Waals surface area (Å²) in [4.78, 5) is 4.31. The van der Waals surface area contributed by atoms with Crippen LogP contribution in [0, 0.1) is 12.7 Å². The monoisotopic (exact) mass is 276 g/mol. The molecule has 0 saturated carbocycles. The zero-order chi connectivity index (χ0) is 13.6. The minimum Gasteiger partial charge on any atom is -0.436 e. The molecule has 0 aliphatic heterocycles. The van der Waals surface area contributed by atoms with Gasteiger partial charge in [0, 0.05) is 10.7 Å². The predicted molar refractivity (Wildman–Crippen MR) is 73.6 cm³/mol. The summed E-state index contributed by atoms with van der Waals surface area (Å²) in [7, 11) is 0. The van der Waals surface area contributed by atoms with Gasteiger partial charge < -0.3 is 10.2 Å². The van der Waals surface area contributed by atoms with Gasteiger partial charge in [0.25, 0.3) is 0 Å². The van der Waals surface area contributed by atoms with E-state index in [4.69, 9.17) is 21.8 Å². The van der Waals surface area contributed by atoms with E-state index < -0.39 is 0 Å². The van der Waals surface area contributed by atoms with Crippen molar-refractivity contribution < 1.29 is 8.81 Å². The average Bonchev–Trinajstić information content (AvgIpc) is 2.76. The number of benzene rings is 2. The Morgan fingerprint density at radius 2 is 2.05 bits per heavy atom. The Morgan fingerprint density at radius 3 is 2.84 bits per heavy atom. The molecule has 5 heteroatoms. The van der Waals surface area contributed by atoms with Crippen LogP contribution < -0.4 is 5.73 Å². The summed E-state index contributed by atoms with van der Waals surface area (Å²) in [5, 5.41) is 0.581. The van der Waals surface area contributed by atoms with Gasteiger partial charge in [0.1, 0.15) is 11.3 Å². The smallest absolute Gasteiger partial charge is 0.229 e. The van der Waals surface area contributed by atoms with Gasteiger partial charge in [-0.05, 0) is 42.8 Å². The molecule has 0 aliphatic rings. The second-order valence-corrected chi connectivity index (χ2v) is 4.76. The second kappa shape index (κ2) is 4.24. The molecule has 0 amide bonds. The highest BCUT2D eigenvalue weighted by atomic mass is 35.5. The predicted octanol–water partition coefficient (Wildman–Crippen LogP) is 4.18. The third kappa shape index (κ3) is 2.04. The highest BCUT2D eigenvalue weighted by Gasteiger charge is 2.14. The number of anilines is 1. The molecule has 0 saturated heterocycles. The number of fused-ring (bicyclic) bond motifs is 1. The Hall–Kier alpha value is -2.07. The van der Waals surface area contributed by atoms with Crippen LogP contribution in [0.4, 0.5) is 10.1 Å². The number of aryl methyl sites for hydroxylation is 1. The van der Waals surface area contributed by atoms with E-state index in [1.165, 1.54) is 18.2 Å². The largest absolute Gasteiger partial charge is 0.436 e. The van der Waals surface area contributed by atoms with Gasteiger partial charge in [-0.3, -0.25) is 0 Å². The van der Waals surface area contributed by atoms with Crippen LogP contribution in [0.25, 0.3) is 22.6 Å². The third-order valence-corrected chi connectivity index (χ3v) is 3.10. The third-order valence-electron chi connectivity index (χ3n) is 2.89. The van der Waals surface area contributed by atoms with Gasteiger partial charge in [0.15, 0.2) is 5.58 Å². The first-order valence-corrected chi connectivity index (χ1v) is 6.04. The molecule has 19 heavy (non-hydrogen) atoms. The molecule has 0 atom stereocenters. The number of nitrogens with zero attached hydrogens (tertiary/aromatic N) is 1. The fourth-order valence-electron chi connectivity index (χ4n) is 1.99. The van der Waals surface area contributed by atoms with Gasteiger partial charge in [-0.15, -0.1) is 0 Å². The Balaban J connectivity index is 2.26. The van der Waals surface area contributed by atoms with Crippen LogP contribution in [-0.2, 0) is 0 Å². The van der Waals surface area contributed by atoms with E-state index >= 15 is 0 Å². The molecule has 0 bridgehead atoms. The van der Waals surface area contributed by atoms with Crippen molar-refractivity contribution in [3.8, 4) is 11.5 Å². The van der Waals surface area contributed by atoms with E-state index in [1.807, 2.05) is 6.92 Å². The Labute approximate surface area is 113 Å². The van der Waals surface area contributed by atoms with E-state index in [0.29, 0.717) is 27.4 Å². The van der Waals surface area contributed by atoms with E-state index in [1.54, 1.807) is 12.1 Å². The quantitative estimate of drug-likeness (QED) is 0.678. The molecule has 96 valence electrons. The second-order valence-electron chi connectivity index (χ2n) is 4.32. The van der Waals surface area contributed by atoms with Crippen LogP contribution >= 0.6 is 11.6 Å². The number of rotatable bonds is 1. The normalized spacial score (nSPS) is 11.1. The fourth-order valence-corrected chi connectivity index (χ4v) is 2.25. The summed E-state index contributed by atoms with van der Waals surface area (Å²) in [6, 6.07) is 7.57. The molecule has 2 aromatic carbocycles. The first-order valence-electron chi connectivity index (χ1n) is 5.66. The molecule has 0 spiro atoms. The van der Waals surface area contributed by atoms with Crippen molar-refractivity contribution in [2.24, 2.45) is 0 Å². The topological polar surface area (TPSA) is 52.0 Å². The number of nitrogens with two attached hydrogens (primary N) is 1. The number of aromatic nitrogens is 1. The molecular weight excluding hydrogens is 267 g/mol. The molecule has 0 radical (unpaired) electrons. The van der Waals surface area contributed by atoms with Gasteiger partial charge >= 0.3 is 0 Å². The zero-order valence-corrected chi connectivity index (χ0v) is 10.8.